The van der Waals surface area contributed by atoms with Crippen LogP contribution in [0.15, 0.2) is 6.20 Å². The molecule has 110 valence electrons. The molecule has 0 aliphatic carbocycles. The SMILES string of the molecule is CCN(C)CC(CNc1nc(C)cn1C(C)C)OC. The van der Waals surface area contributed by atoms with Crippen molar-refractivity contribution in [2.45, 2.75) is 39.8 Å². The summed E-state index contributed by atoms with van der Waals surface area (Å²) in [7, 11) is 3.86. The fourth-order valence-electron chi connectivity index (χ4n) is 1.94. The molecule has 5 nitrogen and oxygen atoms in total. The Morgan fingerprint density at radius 1 is 1.47 bits per heavy atom. The third kappa shape index (κ3) is 4.84. The third-order valence-corrected chi connectivity index (χ3v) is 3.29. The summed E-state index contributed by atoms with van der Waals surface area (Å²) in [4.78, 5) is 6.77. The first-order valence-corrected chi connectivity index (χ1v) is 6.98. The molecule has 0 saturated carbocycles. The molecule has 1 aromatic heterocycles. The van der Waals surface area contributed by atoms with Crippen LogP contribution < -0.4 is 5.32 Å². The van der Waals surface area contributed by atoms with Gasteiger partial charge in [0.1, 0.15) is 0 Å². The Bertz CT molecular complexity index is 376. The number of aryl methyl sites for hydroxylation is 1. The molecule has 0 amide bonds. The number of aromatic nitrogens is 2. The number of nitrogens with zero attached hydrogens (tertiary/aromatic N) is 3. The summed E-state index contributed by atoms with van der Waals surface area (Å²) in [6.07, 6.45) is 2.25. The maximum absolute atomic E-state index is 5.51. The van der Waals surface area contributed by atoms with Crippen molar-refractivity contribution in [3.63, 3.8) is 0 Å². The summed E-state index contributed by atoms with van der Waals surface area (Å²) in [6.45, 7) is 11.2. The van der Waals surface area contributed by atoms with E-state index in [0.717, 1.165) is 31.3 Å². The van der Waals surface area contributed by atoms with Crippen molar-refractivity contribution < 1.29 is 4.74 Å². The highest BCUT2D eigenvalue weighted by Gasteiger charge is 2.13. The Morgan fingerprint density at radius 2 is 2.16 bits per heavy atom. The van der Waals surface area contributed by atoms with Crippen molar-refractivity contribution >= 4 is 5.95 Å². The molecule has 5 heteroatoms. The van der Waals surface area contributed by atoms with Crippen molar-refractivity contribution in [1.29, 1.82) is 0 Å². The Balaban J connectivity index is 2.59. The average Bonchev–Trinajstić information content (AvgIpc) is 2.75. The van der Waals surface area contributed by atoms with Gasteiger partial charge in [0.15, 0.2) is 0 Å². The number of hydrogen-bond acceptors (Lipinski definition) is 4. The standard InChI is InChI=1S/C14H28N4O/c1-7-17(5)10-13(19-6)8-15-14-16-12(4)9-18(14)11(2)3/h9,11,13H,7-8,10H2,1-6H3,(H,15,16). The summed E-state index contributed by atoms with van der Waals surface area (Å²) in [5.74, 6) is 0.925. The number of rotatable bonds is 8. The minimum absolute atomic E-state index is 0.169. The maximum atomic E-state index is 5.51. The highest BCUT2D eigenvalue weighted by molar-refractivity contribution is 5.29. The van der Waals surface area contributed by atoms with E-state index in [9.17, 15) is 0 Å². The average molecular weight is 268 g/mol. The quantitative estimate of drug-likeness (QED) is 0.784. The molecule has 1 N–H and O–H groups in total. The topological polar surface area (TPSA) is 42.3 Å². The Kier molecular flexibility index (Phi) is 6.31. The molecule has 0 fully saturated rings. The van der Waals surface area contributed by atoms with Gasteiger partial charge in [0, 0.05) is 32.4 Å². The van der Waals surface area contributed by atoms with Crippen molar-refractivity contribution in [3.05, 3.63) is 11.9 Å². The Labute approximate surface area is 117 Å². The van der Waals surface area contributed by atoms with E-state index in [1.807, 2.05) is 6.92 Å². The Hall–Kier alpha value is -1.07. The molecular weight excluding hydrogens is 240 g/mol. The van der Waals surface area contributed by atoms with Gasteiger partial charge in [-0.05, 0) is 34.4 Å². The summed E-state index contributed by atoms with van der Waals surface area (Å²) in [5.41, 5.74) is 1.04. The smallest absolute Gasteiger partial charge is 0.203 e. The first kappa shape index (κ1) is 16.0. The van der Waals surface area contributed by atoms with Crippen LogP contribution in [0.4, 0.5) is 5.95 Å². The number of imidazole rings is 1. The van der Waals surface area contributed by atoms with Crippen molar-refractivity contribution in [1.82, 2.24) is 14.5 Å². The zero-order valence-electron chi connectivity index (χ0n) is 13.1. The number of ether oxygens (including phenoxy) is 1. The first-order valence-electron chi connectivity index (χ1n) is 6.98. The van der Waals surface area contributed by atoms with Gasteiger partial charge in [-0.25, -0.2) is 4.98 Å². The zero-order valence-corrected chi connectivity index (χ0v) is 13.1. The van der Waals surface area contributed by atoms with Gasteiger partial charge >= 0.3 is 0 Å². The van der Waals surface area contributed by atoms with Gasteiger partial charge in [0.2, 0.25) is 5.95 Å². The van der Waals surface area contributed by atoms with Crippen LogP contribution in [0.25, 0.3) is 0 Å². The van der Waals surface area contributed by atoms with Gasteiger partial charge in [-0.3, -0.25) is 0 Å². The molecule has 1 atom stereocenters. The zero-order chi connectivity index (χ0) is 14.4. The van der Waals surface area contributed by atoms with E-state index in [2.05, 4.69) is 53.8 Å². The van der Waals surface area contributed by atoms with E-state index in [1.54, 1.807) is 7.11 Å². The fraction of sp³-hybridized carbons (Fsp3) is 0.786. The van der Waals surface area contributed by atoms with E-state index < -0.39 is 0 Å². The predicted molar refractivity (Wildman–Crippen MR) is 79.8 cm³/mol. The van der Waals surface area contributed by atoms with E-state index in [4.69, 9.17) is 4.74 Å². The number of likely N-dealkylation sites (N-methyl/N-ethyl adjacent to an activating group) is 1. The van der Waals surface area contributed by atoms with Gasteiger partial charge in [0.25, 0.3) is 0 Å². The van der Waals surface area contributed by atoms with E-state index in [1.165, 1.54) is 0 Å². The lowest BCUT2D eigenvalue weighted by Gasteiger charge is -2.22. The highest BCUT2D eigenvalue weighted by Crippen LogP contribution is 2.15. The lowest BCUT2D eigenvalue weighted by atomic mass is 10.3. The maximum Gasteiger partial charge on any atom is 0.203 e. The van der Waals surface area contributed by atoms with Crippen molar-refractivity contribution in [2.75, 3.05) is 39.1 Å². The van der Waals surface area contributed by atoms with E-state index >= 15 is 0 Å². The monoisotopic (exact) mass is 268 g/mol. The number of hydrogen-bond donors (Lipinski definition) is 1. The number of methoxy groups -OCH3 is 1. The second kappa shape index (κ2) is 7.50. The summed E-state index contributed by atoms with van der Waals surface area (Å²) >= 11 is 0. The third-order valence-electron chi connectivity index (χ3n) is 3.29. The molecule has 1 aromatic rings. The highest BCUT2D eigenvalue weighted by atomic mass is 16.5. The summed E-state index contributed by atoms with van der Waals surface area (Å²) in [5, 5.41) is 3.40. The van der Waals surface area contributed by atoms with Crippen LogP contribution >= 0.6 is 0 Å². The van der Waals surface area contributed by atoms with Crippen LogP contribution in [0.1, 0.15) is 32.5 Å². The largest absolute Gasteiger partial charge is 0.378 e. The lowest BCUT2D eigenvalue weighted by Crippen LogP contribution is -2.35. The molecule has 0 aliphatic heterocycles. The minimum atomic E-state index is 0.169. The molecule has 1 heterocycles. The summed E-state index contributed by atoms with van der Waals surface area (Å²) < 4.78 is 7.67. The van der Waals surface area contributed by atoms with Gasteiger partial charge in [-0.15, -0.1) is 0 Å². The lowest BCUT2D eigenvalue weighted by molar-refractivity contribution is 0.0826. The molecular formula is C14H28N4O. The van der Waals surface area contributed by atoms with Gasteiger partial charge in [-0.1, -0.05) is 6.92 Å². The van der Waals surface area contributed by atoms with Crippen molar-refractivity contribution in [2.24, 2.45) is 0 Å². The molecule has 19 heavy (non-hydrogen) atoms. The van der Waals surface area contributed by atoms with Gasteiger partial charge in [-0.2, -0.15) is 0 Å². The predicted octanol–water partition coefficient (Wildman–Crippen LogP) is 2.15. The molecule has 1 unspecified atom stereocenters. The first-order chi connectivity index (χ1) is 8.97. The van der Waals surface area contributed by atoms with Gasteiger partial charge in [0.05, 0.1) is 11.8 Å². The van der Waals surface area contributed by atoms with Crippen LogP contribution in [0.5, 0.6) is 0 Å². The molecule has 0 bridgehead atoms. The second-order valence-electron chi connectivity index (χ2n) is 5.30. The molecule has 0 aliphatic rings. The second-order valence-corrected chi connectivity index (χ2v) is 5.30. The van der Waals surface area contributed by atoms with Gasteiger partial charge < -0.3 is 19.5 Å². The molecule has 0 radical (unpaired) electrons. The normalized spacial score (nSPS) is 13.3. The number of nitrogens with one attached hydrogen (secondary N) is 1. The fourth-order valence-corrected chi connectivity index (χ4v) is 1.94. The van der Waals surface area contributed by atoms with E-state index in [0.29, 0.717) is 6.04 Å². The molecule has 0 saturated heterocycles. The Morgan fingerprint density at radius 3 is 2.68 bits per heavy atom. The number of anilines is 1. The van der Waals surface area contributed by atoms with Crippen LogP contribution in [0.2, 0.25) is 0 Å². The van der Waals surface area contributed by atoms with Crippen LogP contribution in [-0.2, 0) is 4.74 Å². The van der Waals surface area contributed by atoms with Crippen LogP contribution in [-0.4, -0.2) is 54.3 Å². The minimum Gasteiger partial charge on any atom is -0.378 e. The van der Waals surface area contributed by atoms with Crippen LogP contribution in [0.3, 0.4) is 0 Å². The summed E-state index contributed by atoms with van der Waals surface area (Å²) in [6, 6.07) is 0.406. The van der Waals surface area contributed by atoms with Crippen molar-refractivity contribution in [3.8, 4) is 0 Å². The molecule has 0 aromatic carbocycles. The molecule has 1 rings (SSSR count). The molecule has 0 spiro atoms. The van der Waals surface area contributed by atoms with Crippen LogP contribution in [0, 0.1) is 6.92 Å². The van der Waals surface area contributed by atoms with E-state index in [-0.39, 0.29) is 6.10 Å².